The maximum absolute atomic E-state index is 5.60. The summed E-state index contributed by atoms with van der Waals surface area (Å²) in [5, 5.41) is 13.1. The molecule has 5 aromatic heterocycles. The summed E-state index contributed by atoms with van der Waals surface area (Å²) in [7, 11) is 0. The van der Waals surface area contributed by atoms with Crippen molar-refractivity contribution in [3.05, 3.63) is 188 Å². The molecule has 0 saturated heterocycles. The summed E-state index contributed by atoms with van der Waals surface area (Å²) in [6.07, 6.45) is 0. The van der Waals surface area contributed by atoms with Gasteiger partial charge in [0.15, 0.2) is 0 Å². The lowest BCUT2D eigenvalue weighted by Crippen LogP contribution is -2.04. The van der Waals surface area contributed by atoms with E-state index in [0.29, 0.717) is 5.95 Å². The van der Waals surface area contributed by atoms with Gasteiger partial charge in [0.25, 0.3) is 0 Å². The lowest BCUT2D eigenvalue weighted by molar-refractivity contribution is 1.02. The number of para-hydroxylation sites is 4. The Balaban J connectivity index is 1.29. The zero-order chi connectivity index (χ0) is 38.3. The highest BCUT2D eigenvalue weighted by Crippen LogP contribution is 2.49. The number of nitrogens with zero attached hydrogens (tertiary/aromatic N) is 5. The molecule has 0 fully saturated rings. The van der Waals surface area contributed by atoms with Crippen LogP contribution in [0, 0.1) is 0 Å². The Hall–Kier alpha value is -8.02. The number of fused-ring (bicyclic) bond motifs is 12. The quantitative estimate of drug-likeness (QED) is 0.169. The Bertz CT molecular complexity index is 4060. The normalized spacial score (nSPS) is 12.4. The standard InChI is InChI=1S/C54H31N5/c1-3-16-33(17-4-1)51-40-30-29-32-15-7-8-20-35(32)52(40)56-54(55-51)59-44-28-14-27-43-49(44)50-46(59)31-45-47(38-22-10-12-26-42(38)57(45)34-18-5-2-6-19-34)48(50)39-24-13-23-37-36-21-9-11-25-41(36)58(43)53(37)39/h1-31H. The lowest BCUT2D eigenvalue weighted by atomic mass is 9.98. The third-order valence-corrected chi connectivity index (χ3v) is 12.7. The van der Waals surface area contributed by atoms with Crippen molar-refractivity contribution in [2.75, 3.05) is 0 Å². The third kappa shape index (κ3) is 3.98. The van der Waals surface area contributed by atoms with Crippen molar-refractivity contribution in [2.24, 2.45) is 0 Å². The van der Waals surface area contributed by atoms with Crippen molar-refractivity contribution < 1.29 is 0 Å². The molecule has 0 amide bonds. The molecule has 5 nitrogen and oxygen atoms in total. The van der Waals surface area contributed by atoms with Crippen LogP contribution >= 0.6 is 0 Å². The molecule has 0 aliphatic heterocycles. The first-order valence-corrected chi connectivity index (χ1v) is 20.2. The van der Waals surface area contributed by atoms with Crippen LogP contribution in [-0.2, 0) is 0 Å². The van der Waals surface area contributed by atoms with Gasteiger partial charge >= 0.3 is 0 Å². The fourth-order valence-corrected chi connectivity index (χ4v) is 10.4. The van der Waals surface area contributed by atoms with Crippen LogP contribution in [-0.4, -0.2) is 23.5 Å². The zero-order valence-corrected chi connectivity index (χ0v) is 31.6. The van der Waals surface area contributed by atoms with Gasteiger partial charge in [-0.25, -0.2) is 9.97 Å². The van der Waals surface area contributed by atoms with E-state index >= 15 is 0 Å². The van der Waals surface area contributed by atoms with Gasteiger partial charge in [0.1, 0.15) is 0 Å². The Morgan fingerprint density at radius 2 is 0.983 bits per heavy atom. The second kappa shape index (κ2) is 11.3. The van der Waals surface area contributed by atoms with Crippen LogP contribution < -0.4 is 0 Å². The molecule has 272 valence electrons. The van der Waals surface area contributed by atoms with Crippen molar-refractivity contribution in [3.63, 3.8) is 0 Å². The van der Waals surface area contributed by atoms with Crippen LogP contribution in [0.25, 0.3) is 126 Å². The number of rotatable bonds is 3. The number of hydrogen-bond donors (Lipinski definition) is 0. The van der Waals surface area contributed by atoms with E-state index in [0.717, 1.165) is 60.7 Å². The average molecular weight is 750 g/mol. The molecule has 14 rings (SSSR count). The second-order valence-electron chi connectivity index (χ2n) is 15.7. The van der Waals surface area contributed by atoms with E-state index in [1.165, 1.54) is 59.6 Å². The molecule has 59 heavy (non-hydrogen) atoms. The summed E-state index contributed by atoms with van der Waals surface area (Å²) in [5.41, 5.74) is 12.1. The number of benzene rings is 9. The van der Waals surface area contributed by atoms with Crippen LogP contribution in [0.15, 0.2) is 188 Å². The molecule has 9 aromatic carbocycles. The molecule has 0 aliphatic carbocycles. The van der Waals surface area contributed by atoms with E-state index in [4.69, 9.17) is 9.97 Å². The van der Waals surface area contributed by atoms with E-state index in [1.807, 2.05) is 0 Å². The average Bonchev–Trinajstić information content (AvgIpc) is 3.91. The topological polar surface area (TPSA) is 40.0 Å². The van der Waals surface area contributed by atoms with Crippen LogP contribution in [0.1, 0.15) is 0 Å². The van der Waals surface area contributed by atoms with E-state index in [1.54, 1.807) is 0 Å². The first-order valence-electron chi connectivity index (χ1n) is 20.2. The Labute approximate surface area is 336 Å². The smallest absolute Gasteiger partial charge is 0.235 e. The minimum atomic E-state index is 0.647. The monoisotopic (exact) mass is 749 g/mol. The summed E-state index contributed by atoms with van der Waals surface area (Å²) in [4.78, 5) is 11.2. The molecule has 0 saturated carbocycles. The van der Waals surface area contributed by atoms with Crippen LogP contribution in [0.3, 0.4) is 0 Å². The fraction of sp³-hybridized carbons (Fsp3) is 0. The largest absolute Gasteiger partial charge is 0.309 e. The van der Waals surface area contributed by atoms with Crippen molar-refractivity contribution in [3.8, 4) is 22.9 Å². The molecular weight excluding hydrogens is 719 g/mol. The van der Waals surface area contributed by atoms with E-state index in [2.05, 4.69) is 202 Å². The molecule has 0 atom stereocenters. The molecule has 5 heteroatoms. The molecule has 14 aromatic rings. The first kappa shape index (κ1) is 31.1. The van der Waals surface area contributed by atoms with E-state index < -0.39 is 0 Å². The van der Waals surface area contributed by atoms with Gasteiger partial charge < -0.3 is 8.97 Å². The van der Waals surface area contributed by atoms with Gasteiger partial charge in [0, 0.05) is 65.1 Å². The number of hydrogen-bond acceptors (Lipinski definition) is 2. The van der Waals surface area contributed by atoms with Gasteiger partial charge in [0.05, 0.1) is 49.8 Å². The highest BCUT2D eigenvalue weighted by atomic mass is 15.2. The molecule has 0 spiro atoms. The molecule has 0 N–H and O–H groups in total. The van der Waals surface area contributed by atoms with E-state index in [-0.39, 0.29) is 0 Å². The summed E-state index contributed by atoms with van der Waals surface area (Å²) in [5.74, 6) is 0.647. The minimum Gasteiger partial charge on any atom is -0.309 e. The van der Waals surface area contributed by atoms with Crippen LogP contribution in [0.2, 0.25) is 0 Å². The van der Waals surface area contributed by atoms with Crippen molar-refractivity contribution in [1.29, 1.82) is 0 Å². The van der Waals surface area contributed by atoms with Gasteiger partial charge in [-0.15, -0.1) is 0 Å². The van der Waals surface area contributed by atoms with Gasteiger partial charge in [-0.3, -0.25) is 4.57 Å². The fourth-order valence-electron chi connectivity index (χ4n) is 10.4. The predicted octanol–water partition coefficient (Wildman–Crippen LogP) is 13.8. The van der Waals surface area contributed by atoms with Gasteiger partial charge in [-0.1, -0.05) is 140 Å². The molecule has 0 bridgehead atoms. The van der Waals surface area contributed by atoms with Gasteiger partial charge in [-0.05, 0) is 53.9 Å². The summed E-state index contributed by atoms with van der Waals surface area (Å²) in [6, 6.07) is 68.0. The second-order valence-corrected chi connectivity index (χ2v) is 15.7. The minimum absolute atomic E-state index is 0.647. The summed E-state index contributed by atoms with van der Waals surface area (Å²) in [6.45, 7) is 0. The molecule has 0 radical (unpaired) electrons. The number of aromatic nitrogens is 5. The third-order valence-electron chi connectivity index (χ3n) is 12.7. The van der Waals surface area contributed by atoms with Gasteiger partial charge in [-0.2, -0.15) is 0 Å². The molecule has 0 unspecified atom stereocenters. The Kier molecular flexibility index (Phi) is 5.96. The Morgan fingerprint density at radius 3 is 1.85 bits per heavy atom. The summed E-state index contributed by atoms with van der Waals surface area (Å²) >= 11 is 0. The Morgan fingerprint density at radius 1 is 0.339 bits per heavy atom. The molecule has 0 aliphatic rings. The SMILES string of the molecule is c1ccc(-c2nc(-n3c4cc5c(c6ccccc6n5-c5ccccc5)c5c6cccc7c8ccccc8n(c8cccc3c8c54)c76)nc3c2ccc2ccccc23)cc1. The maximum Gasteiger partial charge on any atom is 0.235 e. The van der Waals surface area contributed by atoms with E-state index in [9.17, 15) is 0 Å². The highest BCUT2D eigenvalue weighted by molar-refractivity contribution is 6.39. The molecular formula is C54H31N5. The predicted molar refractivity (Wildman–Crippen MR) is 246 cm³/mol. The lowest BCUT2D eigenvalue weighted by Gasteiger charge is -2.14. The molecule has 5 heterocycles. The van der Waals surface area contributed by atoms with Gasteiger partial charge in [0.2, 0.25) is 5.95 Å². The highest BCUT2D eigenvalue weighted by Gasteiger charge is 2.27. The summed E-state index contributed by atoms with van der Waals surface area (Å²) < 4.78 is 7.29. The van der Waals surface area contributed by atoms with Crippen LogP contribution in [0.4, 0.5) is 0 Å². The van der Waals surface area contributed by atoms with Crippen LogP contribution in [0.5, 0.6) is 0 Å². The maximum atomic E-state index is 5.60. The zero-order valence-electron chi connectivity index (χ0n) is 31.6. The van der Waals surface area contributed by atoms with Crippen molar-refractivity contribution in [1.82, 2.24) is 23.5 Å². The van der Waals surface area contributed by atoms with Crippen molar-refractivity contribution in [2.45, 2.75) is 0 Å². The first-order chi connectivity index (χ1) is 29.3. The van der Waals surface area contributed by atoms with Crippen molar-refractivity contribution >= 4 is 103 Å².